The highest BCUT2D eigenvalue weighted by molar-refractivity contribution is 6.46. The lowest BCUT2D eigenvalue weighted by Gasteiger charge is -2.31. The molecule has 0 aromatic heterocycles. The fourth-order valence-corrected chi connectivity index (χ4v) is 4.47. The van der Waals surface area contributed by atoms with Gasteiger partial charge in [-0.3, -0.25) is 24.6 Å². The molecule has 2 aliphatic heterocycles. The summed E-state index contributed by atoms with van der Waals surface area (Å²) in [5, 5.41) is 22.7. The average molecular weight is 510 g/mol. The van der Waals surface area contributed by atoms with Crippen LogP contribution >= 0.6 is 0 Å². The van der Waals surface area contributed by atoms with Gasteiger partial charge in [-0.05, 0) is 35.7 Å². The van der Waals surface area contributed by atoms with Crippen LogP contribution in [-0.2, 0) is 14.3 Å². The molecule has 1 amide bonds. The number of hydrogen-bond donors (Lipinski definition) is 1. The van der Waals surface area contributed by atoms with E-state index in [9.17, 15) is 24.8 Å². The Labute approximate surface area is 215 Å². The summed E-state index contributed by atoms with van der Waals surface area (Å²) in [6.07, 6.45) is 0. The lowest BCUT2D eigenvalue weighted by molar-refractivity contribution is -0.384. The predicted molar refractivity (Wildman–Crippen MR) is 136 cm³/mol. The number of amides is 1. The van der Waals surface area contributed by atoms with Gasteiger partial charge in [-0.1, -0.05) is 26.0 Å². The fraction of sp³-hybridized carbons (Fsp3) is 0.407. The molecule has 37 heavy (non-hydrogen) atoms. The van der Waals surface area contributed by atoms with Crippen molar-refractivity contribution in [2.24, 2.45) is 5.92 Å². The number of morpholine rings is 1. The molecule has 0 spiro atoms. The van der Waals surface area contributed by atoms with Crippen LogP contribution in [0.4, 0.5) is 5.69 Å². The zero-order valence-electron chi connectivity index (χ0n) is 21.0. The number of Topliss-reactive ketones (excluding diaryl/α,β-unsaturated/α-hetero) is 1. The first kappa shape index (κ1) is 26.3. The topological polar surface area (TPSA) is 122 Å². The third-order valence-corrected chi connectivity index (χ3v) is 6.41. The second-order valence-electron chi connectivity index (χ2n) is 9.53. The van der Waals surface area contributed by atoms with Crippen molar-refractivity contribution < 1.29 is 29.1 Å². The predicted octanol–water partition coefficient (Wildman–Crippen LogP) is 3.38. The third kappa shape index (κ3) is 5.98. The molecule has 0 unspecified atom stereocenters. The van der Waals surface area contributed by atoms with Crippen LogP contribution in [0.15, 0.2) is 54.1 Å². The van der Waals surface area contributed by atoms with Gasteiger partial charge in [0, 0.05) is 43.9 Å². The fourth-order valence-electron chi connectivity index (χ4n) is 4.47. The van der Waals surface area contributed by atoms with E-state index in [4.69, 9.17) is 9.47 Å². The molecule has 2 fully saturated rings. The minimum absolute atomic E-state index is 0.0941. The normalized spacial score (nSPS) is 20.0. The van der Waals surface area contributed by atoms with Crippen molar-refractivity contribution >= 4 is 23.1 Å². The van der Waals surface area contributed by atoms with Gasteiger partial charge in [0.1, 0.15) is 11.5 Å². The SMILES string of the molecule is CC(C)COc1ccc(C(O)=C2C(=O)C(=O)N(CCN3CCOCC3)[C@H]2c2cccc([N+](=O)[O-])c2)cc1. The average Bonchev–Trinajstić information content (AvgIpc) is 3.16. The summed E-state index contributed by atoms with van der Waals surface area (Å²) in [4.78, 5) is 40.8. The molecule has 0 radical (unpaired) electrons. The molecular formula is C27H31N3O7. The van der Waals surface area contributed by atoms with Gasteiger partial charge < -0.3 is 19.5 Å². The number of benzene rings is 2. The lowest BCUT2D eigenvalue weighted by atomic mass is 9.95. The first-order valence-corrected chi connectivity index (χ1v) is 12.3. The molecule has 196 valence electrons. The molecule has 0 saturated carbocycles. The number of nitrogens with zero attached hydrogens (tertiary/aromatic N) is 3. The van der Waals surface area contributed by atoms with Crippen LogP contribution in [-0.4, -0.2) is 77.5 Å². The maximum absolute atomic E-state index is 13.2. The smallest absolute Gasteiger partial charge is 0.295 e. The van der Waals surface area contributed by atoms with Crippen molar-refractivity contribution in [3.8, 4) is 5.75 Å². The number of nitro groups is 1. The van der Waals surface area contributed by atoms with E-state index in [-0.39, 0.29) is 23.6 Å². The van der Waals surface area contributed by atoms with Gasteiger partial charge in [0.15, 0.2) is 0 Å². The van der Waals surface area contributed by atoms with Crippen molar-refractivity contribution in [3.05, 3.63) is 75.3 Å². The van der Waals surface area contributed by atoms with E-state index in [1.165, 1.54) is 23.1 Å². The van der Waals surface area contributed by atoms with E-state index in [2.05, 4.69) is 4.90 Å². The van der Waals surface area contributed by atoms with Crippen molar-refractivity contribution in [3.63, 3.8) is 0 Å². The maximum atomic E-state index is 13.2. The Hall–Kier alpha value is -3.76. The summed E-state index contributed by atoms with van der Waals surface area (Å²) in [5.74, 6) is -0.943. The maximum Gasteiger partial charge on any atom is 0.295 e. The number of nitro benzene ring substituents is 1. The molecule has 1 atom stereocenters. The molecule has 0 aliphatic carbocycles. The van der Waals surface area contributed by atoms with Gasteiger partial charge in [0.25, 0.3) is 17.4 Å². The van der Waals surface area contributed by atoms with Crippen molar-refractivity contribution in [2.75, 3.05) is 46.0 Å². The zero-order valence-corrected chi connectivity index (χ0v) is 21.0. The Morgan fingerprint density at radius 3 is 2.49 bits per heavy atom. The van der Waals surface area contributed by atoms with E-state index in [1.807, 2.05) is 13.8 Å². The quantitative estimate of drug-likeness (QED) is 0.179. The van der Waals surface area contributed by atoms with Crippen molar-refractivity contribution in [2.45, 2.75) is 19.9 Å². The van der Waals surface area contributed by atoms with Crippen LogP contribution in [0.1, 0.15) is 31.0 Å². The van der Waals surface area contributed by atoms with Crippen LogP contribution < -0.4 is 4.74 Å². The van der Waals surface area contributed by atoms with Crippen LogP contribution in [0.2, 0.25) is 0 Å². The molecule has 4 rings (SSSR count). The molecule has 2 heterocycles. The number of non-ortho nitro benzene ring substituents is 1. The number of carbonyl (C=O) groups excluding carboxylic acids is 2. The number of aliphatic hydroxyl groups excluding tert-OH is 1. The number of likely N-dealkylation sites (tertiary alicyclic amines) is 1. The molecule has 10 heteroatoms. The van der Waals surface area contributed by atoms with Gasteiger partial charge in [-0.25, -0.2) is 0 Å². The third-order valence-electron chi connectivity index (χ3n) is 6.41. The highest BCUT2D eigenvalue weighted by Gasteiger charge is 2.46. The van der Waals surface area contributed by atoms with Crippen molar-refractivity contribution in [1.29, 1.82) is 0 Å². The van der Waals surface area contributed by atoms with E-state index in [0.29, 0.717) is 62.2 Å². The Kier molecular flexibility index (Phi) is 8.20. The number of aliphatic hydroxyl groups is 1. The molecule has 2 aromatic carbocycles. The second kappa shape index (κ2) is 11.5. The van der Waals surface area contributed by atoms with Gasteiger partial charge in [0.2, 0.25) is 0 Å². The van der Waals surface area contributed by atoms with Crippen LogP contribution in [0.25, 0.3) is 5.76 Å². The Morgan fingerprint density at radius 1 is 1.14 bits per heavy atom. The molecule has 1 N–H and O–H groups in total. The summed E-state index contributed by atoms with van der Waals surface area (Å²) in [7, 11) is 0. The number of ketones is 1. The van der Waals surface area contributed by atoms with E-state index in [1.54, 1.807) is 30.3 Å². The van der Waals surface area contributed by atoms with Gasteiger partial charge >= 0.3 is 0 Å². The molecule has 2 aromatic rings. The van der Waals surface area contributed by atoms with Crippen LogP contribution in [0, 0.1) is 16.0 Å². The van der Waals surface area contributed by atoms with Gasteiger partial charge in [-0.2, -0.15) is 0 Å². The summed E-state index contributed by atoms with van der Waals surface area (Å²) in [6.45, 7) is 7.91. The minimum atomic E-state index is -0.960. The van der Waals surface area contributed by atoms with E-state index < -0.39 is 22.7 Å². The number of hydrogen-bond acceptors (Lipinski definition) is 8. The number of ether oxygens (including phenoxy) is 2. The standard InChI is InChI=1S/C27H31N3O7/c1-18(2)17-37-22-8-6-19(7-9-22)25(31)23-24(20-4-3-5-21(16-20)30(34)35)29(27(33)26(23)32)11-10-28-12-14-36-15-13-28/h3-9,16,18,24,31H,10-15,17H2,1-2H3/t24-/m0/s1. The second-order valence-corrected chi connectivity index (χ2v) is 9.53. The van der Waals surface area contributed by atoms with Gasteiger partial charge in [-0.15, -0.1) is 0 Å². The monoisotopic (exact) mass is 509 g/mol. The summed E-state index contributed by atoms with van der Waals surface area (Å²) in [5.41, 5.74) is 0.471. The first-order chi connectivity index (χ1) is 17.8. The highest BCUT2D eigenvalue weighted by Crippen LogP contribution is 2.40. The zero-order chi connectivity index (χ0) is 26.5. The summed E-state index contributed by atoms with van der Waals surface area (Å²) < 4.78 is 11.1. The molecule has 2 aliphatic rings. The van der Waals surface area contributed by atoms with Crippen LogP contribution in [0.5, 0.6) is 5.75 Å². The molecule has 2 saturated heterocycles. The first-order valence-electron chi connectivity index (χ1n) is 12.3. The molecular weight excluding hydrogens is 478 g/mol. The highest BCUT2D eigenvalue weighted by atomic mass is 16.6. The largest absolute Gasteiger partial charge is 0.507 e. The Bertz CT molecular complexity index is 1190. The molecule has 10 nitrogen and oxygen atoms in total. The Morgan fingerprint density at radius 2 is 1.84 bits per heavy atom. The number of rotatable bonds is 9. The van der Waals surface area contributed by atoms with E-state index >= 15 is 0 Å². The summed E-state index contributed by atoms with van der Waals surface area (Å²) >= 11 is 0. The van der Waals surface area contributed by atoms with Crippen molar-refractivity contribution in [1.82, 2.24) is 9.80 Å². The lowest BCUT2D eigenvalue weighted by Crippen LogP contribution is -2.42. The van der Waals surface area contributed by atoms with E-state index in [0.717, 1.165) is 0 Å². The molecule has 0 bridgehead atoms. The number of carbonyl (C=O) groups is 2. The summed E-state index contributed by atoms with van der Waals surface area (Å²) in [6, 6.07) is 11.5. The Balaban J connectivity index is 1.71. The van der Waals surface area contributed by atoms with Gasteiger partial charge in [0.05, 0.1) is 36.4 Å². The van der Waals surface area contributed by atoms with Crippen LogP contribution in [0.3, 0.4) is 0 Å². The minimum Gasteiger partial charge on any atom is -0.507 e.